The first kappa shape index (κ1) is 18.5. The van der Waals surface area contributed by atoms with Gasteiger partial charge in [0.25, 0.3) is 5.91 Å². The zero-order valence-electron chi connectivity index (χ0n) is 15.2. The highest BCUT2D eigenvalue weighted by Crippen LogP contribution is 2.29. The Morgan fingerprint density at radius 2 is 1.76 bits per heavy atom. The highest BCUT2D eigenvalue weighted by molar-refractivity contribution is 5.95. The molecule has 0 aromatic heterocycles. The van der Waals surface area contributed by atoms with E-state index in [1.54, 1.807) is 25.1 Å². The molecule has 1 amide bonds. The smallest absolute Gasteiger partial charge is 0.265 e. The molecule has 132 valence electrons. The molecule has 0 saturated heterocycles. The first-order valence-electron chi connectivity index (χ1n) is 8.05. The average molecular weight is 341 g/mol. The number of benzene rings is 2. The molecule has 5 nitrogen and oxygen atoms in total. The molecular weight excluding hydrogens is 318 g/mol. The van der Waals surface area contributed by atoms with E-state index >= 15 is 0 Å². The summed E-state index contributed by atoms with van der Waals surface area (Å²) < 4.78 is 11.0. The molecular formula is C20H23NO4. The van der Waals surface area contributed by atoms with Gasteiger partial charge < -0.3 is 14.8 Å². The zero-order chi connectivity index (χ0) is 18.6. The van der Waals surface area contributed by atoms with Gasteiger partial charge in [-0.2, -0.15) is 0 Å². The molecule has 1 N–H and O–H groups in total. The lowest BCUT2D eigenvalue weighted by Crippen LogP contribution is -2.30. The number of carbonyl (C=O) groups is 2. The van der Waals surface area contributed by atoms with Crippen LogP contribution in [0.1, 0.15) is 35.3 Å². The number of rotatable bonds is 6. The lowest BCUT2D eigenvalue weighted by atomic mass is 10.1. The molecule has 2 aromatic carbocycles. The maximum absolute atomic E-state index is 12.4. The number of hydrogen-bond donors (Lipinski definition) is 1. The Morgan fingerprint density at radius 3 is 2.40 bits per heavy atom. The summed E-state index contributed by atoms with van der Waals surface area (Å²) in [6, 6.07) is 10.8. The summed E-state index contributed by atoms with van der Waals surface area (Å²) in [6.07, 6.45) is -0.725. The van der Waals surface area contributed by atoms with Crippen LogP contribution >= 0.6 is 0 Å². The third-order valence-corrected chi connectivity index (χ3v) is 3.89. The van der Waals surface area contributed by atoms with Gasteiger partial charge in [0.05, 0.1) is 7.11 Å². The van der Waals surface area contributed by atoms with E-state index in [1.807, 2.05) is 32.0 Å². The Hall–Kier alpha value is -2.82. The number of amides is 1. The summed E-state index contributed by atoms with van der Waals surface area (Å²) in [4.78, 5) is 23.9. The summed E-state index contributed by atoms with van der Waals surface area (Å²) in [6.45, 7) is 7.05. The number of hydrogen-bond acceptors (Lipinski definition) is 4. The van der Waals surface area contributed by atoms with E-state index in [0.717, 1.165) is 16.8 Å². The third-order valence-electron chi connectivity index (χ3n) is 3.89. The van der Waals surface area contributed by atoms with Crippen molar-refractivity contribution in [1.82, 2.24) is 0 Å². The Balaban J connectivity index is 2.13. The van der Waals surface area contributed by atoms with Crippen LogP contribution in [0.4, 0.5) is 5.69 Å². The van der Waals surface area contributed by atoms with Crippen molar-refractivity contribution in [3.63, 3.8) is 0 Å². The predicted octanol–water partition coefficient (Wildman–Crippen LogP) is 3.92. The number of methoxy groups -OCH3 is 1. The fourth-order valence-corrected chi connectivity index (χ4v) is 2.33. The quantitative estimate of drug-likeness (QED) is 0.809. The van der Waals surface area contributed by atoms with E-state index in [9.17, 15) is 9.59 Å². The largest absolute Gasteiger partial charge is 0.493 e. The van der Waals surface area contributed by atoms with E-state index in [4.69, 9.17) is 9.47 Å². The zero-order valence-corrected chi connectivity index (χ0v) is 15.2. The lowest BCUT2D eigenvalue weighted by Gasteiger charge is -2.18. The lowest BCUT2D eigenvalue weighted by molar-refractivity contribution is -0.122. The van der Waals surface area contributed by atoms with Gasteiger partial charge in [-0.05, 0) is 63.1 Å². The second-order valence-electron chi connectivity index (χ2n) is 5.99. The molecule has 0 aliphatic carbocycles. The molecule has 0 aliphatic heterocycles. The van der Waals surface area contributed by atoms with Crippen molar-refractivity contribution in [1.29, 1.82) is 0 Å². The van der Waals surface area contributed by atoms with Gasteiger partial charge in [-0.1, -0.05) is 12.1 Å². The molecule has 0 bridgehead atoms. The monoisotopic (exact) mass is 341 g/mol. The number of anilines is 1. The van der Waals surface area contributed by atoms with Crippen LogP contribution in [0.2, 0.25) is 0 Å². The van der Waals surface area contributed by atoms with Crippen molar-refractivity contribution in [2.45, 2.75) is 33.8 Å². The second kappa shape index (κ2) is 7.83. The van der Waals surface area contributed by atoms with Crippen LogP contribution in [0.3, 0.4) is 0 Å². The number of ether oxygens (including phenoxy) is 2. The predicted molar refractivity (Wildman–Crippen MR) is 97.6 cm³/mol. The fraction of sp³-hybridized carbons (Fsp3) is 0.300. The normalized spacial score (nSPS) is 11.6. The van der Waals surface area contributed by atoms with E-state index in [-0.39, 0.29) is 11.7 Å². The minimum absolute atomic E-state index is 0.0643. The number of aryl methyl sites for hydroxylation is 2. The van der Waals surface area contributed by atoms with E-state index in [2.05, 4.69) is 5.32 Å². The van der Waals surface area contributed by atoms with Gasteiger partial charge >= 0.3 is 0 Å². The summed E-state index contributed by atoms with van der Waals surface area (Å²) in [7, 11) is 1.49. The highest BCUT2D eigenvalue weighted by atomic mass is 16.5. The average Bonchev–Trinajstić information content (AvgIpc) is 2.58. The summed E-state index contributed by atoms with van der Waals surface area (Å²) in [5, 5.41) is 2.88. The Morgan fingerprint density at radius 1 is 1.04 bits per heavy atom. The van der Waals surface area contributed by atoms with Crippen LogP contribution in [0.5, 0.6) is 11.5 Å². The maximum Gasteiger partial charge on any atom is 0.265 e. The fourth-order valence-electron chi connectivity index (χ4n) is 2.33. The molecule has 0 fully saturated rings. The van der Waals surface area contributed by atoms with Gasteiger partial charge in [-0.25, -0.2) is 0 Å². The van der Waals surface area contributed by atoms with E-state index < -0.39 is 6.10 Å². The van der Waals surface area contributed by atoms with Crippen molar-refractivity contribution in [3.8, 4) is 11.5 Å². The van der Waals surface area contributed by atoms with Gasteiger partial charge in [0.1, 0.15) is 0 Å². The standard InChI is InChI=1S/C20H23NO4/c1-12-6-7-13(2)17(10-12)21-20(23)15(4)25-18-9-8-16(14(3)22)11-19(18)24-5/h6-11,15H,1-5H3,(H,21,23). The molecule has 0 spiro atoms. The van der Waals surface area contributed by atoms with Crippen LogP contribution in [0, 0.1) is 13.8 Å². The van der Waals surface area contributed by atoms with Crippen LogP contribution in [0.15, 0.2) is 36.4 Å². The van der Waals surface area contributed by atoms with Crippen LogP contribution in [-0.4, -0.2) is 24.9 Å². The van der Waals surface area contributed by atoms with Crippen LogP contribution in [-0.2, 0) is 4.79 Å². The molecule has 0 saturated carbocycles. The number of carbonyl (C=O) groups excluding carboxylic acids is 2. The Bertz CT molecular complexity index is 798. The molecule has 1 unspecified atom stereocenters. The maximum atomic E-state index is 12.4. The molecule has 0 aliphatic rings. The summed E-state index contributed by atoms with van der Waals surface area (Å²) in [5.74, 6) is 0.507. The number of nitrogens with one attached hydrogen (secondary N) is 1. The molecule has 2 rings (SSSR count). The van der Waals surface area contributed by atoms with Gasteiger partial charge in [-0.15, -0.1) is 0 Å². The third kappa shape index (κ3) is 4.59. The van der Waals surface area contributed by atoms with Gasteiger partial charge in [-0.3, -0.25) is 9.59 Å². The summed E-state index contributed by atoms with van der Waals surface area (Å²) in [5.41, 5.74) is 3.33. The van der Waals surface area contributed by atoms with Crippen molar-refractivity contribution < 1.29 is 19.1 Å². The minimum atomic E-state index is -0.725. The van der Waals surface area contributed by atoms with Crippen LogP contribution < -0.4 is 14.8 Å². The van der Waals surface area contributed by atoms with E-state index in [0.29, 0.717) is 17.1 Å². The molecule has 25 heavy (non-hydrogen) atoms. The molecule has 1 atom stereocenters. The first-order chi connectivity index (χ1) is 11.8. The summed E-state index contributed by atoms with van der Waals surface area (Å²) >= 11 is 0. The molecule has 5 heteroatoms. The molecule has 0 heterocycles. The van der Waals surface area contributed by atoms with Crippen molar-refractivity contribution >= 4 is 17.4 Å². The SMILES string of the molecule is COc1cc(C(C)=O)ccc1OC(C)C(=O)Nc1cc(C)ccc1C. The molecule has 0 radical (unpaired) electrons. The molecule has 2 aromatic rings. The first-order valence-corrected chi connectivity index (χ1v) is 8.05. The van der Waals surface area contributed by atoms with Crippen molar-refractivity contribution in [2.75, 3.05) is 12.4 Å². The van der Waals surface area contributed by atoms with Gasteiger partial charge in [0, 0.05) is 11.3 Å². The second-order valence-corrected chi connectivity index (χ2v) is 5.99. The minimum Gasteiger partial charge on any atom is -0.493 e. The Kier molecular flexibility index (Phi) is 5.80. The van der Waals surface area contributed by atoms with Gasteiger partial charge in [0.15, 0.2) is 23.4 Å². The van der Waals surface area contributed by atoms with Crippen molar-refractivity contribution in [2.24, 2.45) is 0 Å². The number of ketones is 1. The van der Waals surface area contributed by atoms with Crippen molar-refractivity contribution in [3.05, 3.63) is 53.1 Å². The number of Topliss-reactive ketones (excluding diaryl/α,β-unsaturated/α-hetero) is 1. The highest BCUT2D eigenvalue weighted by Gasteiger charge is 2.18. The Labute approximate surface area is 148 Å². The van der Waals surface area contributed by atoms with E-state index in [1.165, 1.54) is 14.0 Å². The van der Waals surface area contributed by atoms with Crippen LogP contribution in [0.25, 0.3) is 0 Å². The topological polar surface area (TPSA) is 64.6 Å². The van der Waals surface area contributed by atoms with Gasteiger partial charge in [0.2, 0.25) is 0 Å².